The van der Waals surface area contributed by atoms with Gasteiger partial charge in [0, 0.05) is 25.7 Å². The van der Waals surface area contributed by atoms with Crippen LogP contribution in [0.2, 0.25) is 0 Å². The van der Waals surface area contributed by atoms with Crippen molar-refractivity contribution in [1.29, 1.82) is 0 Å². The first-order chi connectivity index (χ1) is 14.6. The van der Waals surface area contributed by atoms with Gasteiger partial charge < -0.3 is 24.5 Å². The van der Waals surface area contributed by atoms with Crippen LogP contribution in [0.15, 0.2) is 46.0 Å². The number of nitrogens with zero attached hydrogens (tertiary/aromatic N) is 2. The maximum atomic E-state index is 6.33. The molecule has 30 heavy (non-hydrogen) atoms. The Bertz CT molecular complexity index is 799. The highest BCUT2D eigenvalue weighted by Crippen LogP contribution is 2.34. The number of benzene rings is 1. The fraction of sp³-hybridized carbons (Fsp3) is 0.522. The number of guanidine groups is 1. The fourth-order valence-electron chi connectivity index (χ4n) is 3.78. The minimum Gasteiger partial charge on any atom is -0.493 e. The van der Waals surface area contributed by atoms with E-state index in [1.54, 1.807) is 20.4 Å². The molecule has 0 radical (unpaired) electrons. The number of para-hydroxylation sites is 1. The van der Waals surface area contributed by atoms with Crippen LogP contribution in [-0.4, -0.2) is 51.8 Å². The van der Waals surface area contributed by atoms with Crippen LogP contribution in [0.5, 0.6) is 11.5 Å². The maximum absolute atomic E-state index is 6.33. The predicted molar refractivity (Wildman–Crippen MR) is 119 cm³/mol. The van der Waals surface area contributed by atoms with E-state index in [-0.39, 0.29) is 12.1 Å². The number of rotatable bonds is 9. The van der Waals surface area contributed by atoms with E-state index in [2.05, 4.69) is 26.6 Å². The normalized spacial score (nSPS) is 16.0. The SMILES string of the molecule is CN=C(NCc1cccc(OC)c1OC1CCCC1)NCC(c1ccco1)N(C)C. The van der Waals surface area contributed by atoms with Gasteiger partial charge in [0.15, 0.2) is 17.5 Å². The number of hydrogen-bond acceptors (Lipinski definition) is 5. The third-order valence-electron chi connectivity index (χ3n) is 5.49. The van der Waals surface area contributed by atoms with E-state index >= 15 is 0 Å². The summed E-state index contributed by atoms with van der Waals surface area (Å²) in [4.78, 5) is 6.48. The number of ether oxygens (including phenoxy) is 2. The van der Waals surface area contributed by atoms with Gasteiger partial charge in [-0.3, -0.25) is 9.89 Å². The predicted octanol–water partition coefficient (Wildman–Crippen LogP) is 3.58. The van der Waals surface area contributed by atoms with E-state index in [4.69, 9.17) is 13.9 Å². The molecule has 0 saturated heterocycles. The van der Waals surface area contributed by atoms with Crippen LogP contribution in [0.25, 0.3) is 0 Å². The Kier molecular flexibility index (Phi) is 8.02. The van der Waals surface area contributed by atoms with Crippen molar-refractivity contribution in [3.8, 4) is 11.5 Å². The molecule has 3 rings (SSSR count). The van der Waals surface area contributed by atoms with Gasteiger partial charge in [-0.15, -0.1) is 0 Å². The van der Waals surface area contributed by atoms with Gasteiger partial charge >= 0.3 is 0 Å². The molecule has 1 atom stereocenters. The molecule has 0 aliphatic heterocycles. The third kappa shape index (κ3) is 5.69. The molecule has 164 valence electrons. The summed E-state index contributed by atoms with van der Waals surface area (Å²) in [7, 11) is 7.53. The van der Waals surface area contributed by atoms with Crippen molar-refractivity contribution >= 4 is 5.96 Å². The van der Waals surface area contributed by atoms with Gasteiger partial charge in [0.05, 0.1) is 25.5 Å². The quantitative estimate of drug-likeness (QED) is 0.483. The van der Waals surface area contributed by atoms with E-state index in [0.29, 0.717) is 13.1 Å². The molecule has 1 aromatic heterocycles. The zero-order valence-electron chi connectivity index (χ0n) is 18.5. The molecule has 1 unspecified atom stereocenters. The molecule has 1 aliphatic rings. The average Bonchev–Trinajstić information content (AvgIpc) is 3.45. The molecule has 1 aromatic carbocycles. The number of furan rings is 1. The number of aliphatic imine (C=N–C) groups is 1. The highest BCUT2D eigenvalue weighted by molar-refractivity contribution is 5.79. The Morgan fingerprint density at radius 1 is 1.20 bits per heavy atom. The maximum Gasteiger partial charge on any atom is 0.191 e. The third-order valence-corrected chi connectivity index (χ3v) is 5.49. The summed E-state index contributed by atoms with van der Waals surface area (Å²) in [6, 6.07) is 10.0. The van der Waals surface area contributed by atoms with Crippen molar-refractivity contribution < 1.29 is 13.9 Å². The van der Waals surface area contributed by atoms with Crippen LogP contribution in [-0.2, 0) is 6.54 Å². The van der Waals surface area contributed by atoms with Gasteiger partial charge in [-0.25, -0.2) is 0 Å². The summed E-state index contributed by atoms with van der Waals surface area (Å²) in [5, 5.41) is 6.79. The van der Waals surface area contributed by atoms with Gasteiger partial charge in [0.25, 0.3) is 0 Å². The second-order valence-electron chi connectivity index (χ2n) is 7.77. The largest absolute Gasteiger partial charge is 0.493 e. The standard InChI is InChI=1S/C23H34N4O3/c1-24-23(26-16-19(27(2)3)20-13-8-14-29-20)25-15-17-9-7-12-21(28-4)22(17)30-18-10-5-6-11-18/h7-9,12-14,18-19H,5-6,10-11,15-16H2,1-4H3,(H2,24,25,26). The minimum atomic E-state index is 0.108. The van der Waals surface area contributed by atoms with Crippen LogP contribution in [0.1, 0.15) is 43.0 Å². The van der Waals surface area contributed by atoms with Crippen LogP contribution >= 0.6 is 0 Å². The average molecular weight is 415 g/mol. The van der Waals surface area contributed by atoms with Crippen LogP contribution in [0.4, 0.5) is 0 Å². The smallest absolute Gasteiger partial charge is 0.191 e. The van der Waals surface area contributed by atoms with Crippen molar-refractivity contribution in [3.05, 3.63) is 47.9 Å². The number of methoxy groups -OCH3 is 1. The van der Waals surface area contributed by atoms with Crippen LogP contribution in [0.3, 0.4) is 0 Å². The molecule has 1 saturated carbocycles. The minimum absolute atomic E-state index is 0.108. The lowest BCUT2D eigenvalue weighted by Crippen LogP contribution is -2.41. The first-order valence-corrected chi connectivity index (χ1v) is 10.6. The molecule has 0 amide bonds. The lowest BCUT2D eigenvalue weighted by molar-refractivity contribution is 0.198. The van der Waals surface area contributed by atoms with Crippen LogP contribution in [0, 0.1) is 0 Å². The molecule has 2 N–H and O–H groups in total. The second kappa shape index (κ2) is 10.9. The summed E-state index contributed by atoms with van der Waals surface area (Å²) in [6.07, 6.45) is 6.64. The van der Waals surface area contributed by atoms with Crippen molar-refractivity contribution in [2.24, 2.45) is 4.99 Å². The first kappa shape index (κ1) is 22.0. The topological polar surface area (TPSA) is 71.3 Å². The number of nitrogens with one attached hydrogen (secondary N) is 2. The Morgan fingerprint density at radius 2 is 2.00 bits per heavy atom. The summed E-state index contributed by atoms with van der Waals surface area (Å²) in [6.45, 7) is 1.26. The number of likely N-dealkylation sites (N-methyl/N-ethyl adjacent to an activating group) is 1. The summed E-state index contributed by atoms with van der Waals surface area (Å²) < 4.78 is 17.5. The van der Waals surface area contributed by atoms with E-state index in [1.807, 2.05) is 38.4 Å². The van der Waals surface area contributed by atoms with Gasteiger partial charge in [0.1, 0.15) is 5.76 Å². The Balaban J connectivity index is 1.63. The zero-order valence-corrected chi connectivity index (χ0v) is 18.5. The van der Waals surface area contributed by atoms with Gasteiger partial charge in [-0.2, -0.15) is 0 Å². The lowest BCUT2D eigenvalue weighted by atomic mass is 10.1. The van der Waals surface area contributed by atoms with Gasteiger partial charge in [-0.05, 0) is 58.0 Å². The fourth-order valence-corrected chi connectivity index (χ4v) is 3.78. The van der Waals surface area contributed by atoms with E-state index in [1.165, 1.54) is 12.8 Å². The van der Waals surface area contributed by atoms with E-state index in [9.17, 15) is 0 Å². The monoisotopic (exact) mass is 414 g/mol. The zero-order chi connectivity index (χ0) is 21.3. The molecule has 1 heterocycles. The summed E-state index contributed by atoms with van der Waals surface area (Å²) in [5.41, 5.74) is 1.05. The molecular weight excluding hydrogens is 380 g/mol. The Morgan fingerprint density at radius 3 is 2.63 bits per heavy atom. The van der Waals surface area contributed by atoms with Crippen molar-refractivity contribution in [1.82, 2.24) is 15.5 Å². The van der Waals surface area contributed by atoms with Crippen molar-refractivity contribution in [2.45, 2.75) is 44.4 Å². The Labute approximate surface area is 179 Å². The van der Waals surface area contributed by atoms with Crippen molar-refractivity contribution in [2.75, 3.05) is 34.8 Å². The Hall–Kier alpha value is -2.67. The summed E-state index contributed by atoms with van der Waals surface area (Å²) in [5.74, 6) is 3.25. The molecule has 7 heteroatoms. The van der Waals surface area contributed by atoms with Crippen molar-refractivity contribution in [3.63, 3.8) is 0 Å². The van der Waals surface area contributed by atoms with E-state index in [0.717, 1.165) is 41.6 Å². The van der Waals surface area contributed by atoms with Gasteiger partial charge in [0.2, 0.25) is 0 Å². The molecule has 1 fully saturated rings. The molecule has 0 spiro atoms. The lowest BCUT2D eigenvalue weighted by Gasteiger charge is -2.24. The second-order valence-corrected chi connectivity index (χ2v) is 7.77. The van der Waals surface area contributed by atoms with Gasteiger partial charge in [-0.1, -0.05) is 12.1 Å². The number of hydrogen-bond donors (Lipinski definition) is 2. The highest BCUT2D eigenvalue weighted by Gasteiger charge is 2.21. The molecule has 0 bridgehead atoms. The van der Waals surface area contributed by atoms with E-state index < -0.39 is 0 Å². The molecule has 7 nitrogen and oxygen atoms in total. The van der Waals surface area contributed by atoms with Crippen LogP contribution < -0.4 is 20.1 Å². The molecular formula is C23H34N4O3. The summed E-state index contributed by atoms with van der Waals surface area (Å²) >= 11 is 0. The first-order valence-electron chi connectivity index (χ1n) is 10.6. The highest BCUT2D eigenvalue weighted by atomic mass is 16.5. The molecule has 1 aliphatic carbocycles. The molecule has 2 aromatic rings.